The van der Waals surface area contributed by atoms with Crippen molar-refractivity contribution in [3.05, 3.63) is 101 Å². The topological polar surface area (TPSA) is 66.5 Å². The van der Waals surface area contributed by atoms with Crippen LogP contribution in [0.4, 0.5) is 5.69 Å². The molecule has 0 heterocycles. The van der Waals surface area contributed by atoms with E-state index >= 15 is 0 Å². The lowest BCUT2D eigenvalue weighted by atomic mass is 9.94. The van der Waals surface area contributed by atoms with E-state index < -0.39 is 22.1 Å². The highest BCUT2D eigenvalue weighted by Gasteiger charge is 2.33. The summed E-state index contributed by atoms with van der Waals surface area (Å²) in [6, 6.07) is 21.8. The Labute approximate surface area is 197 Å². The molecule has 0 aliphatic rings. The summed E-state index contributed by atoms with van der Waals surface area (Å²) in [6.45, 7) is 7.74. The Kier molecular flexibility index (Phi) is 7.59. The second-order valence-electron chi connectivity index (χ2n) is 8.46. The minimum absolute atomic E-state index is 0.334. The van der Waals surface area contributed by atoms with E-state index in [0.29, 0.717) is 12.1 Å². The number of amides is 1. The molecule has 174 valence electrons. The number of carbonyl (C=O) groups is 1. The molecular formula is C27H32N2O3S. The lowest BCUT2D eigenvalue weighted by molar-refractivity contribution is -0.122. The van der Waals surface area contributed by atoms with Crippen LogP contribution < -0.4 is 9.62 Å². The Hall–Kier alpha value is -3.12. The van der Waals surface area contributed by atoms with Crippen LogP contribution in [0.2, 0.25) is 0 Å². The highest BCUT2D eigenvalue weighted by atomic mass is 32.2. The number of anilines is 1. The van der Waals surface area contributed by atoms with Gasteiger partial charge in [-0.15, -0.1) is 0 Å². The lowest BCUT2D eigenvalue weighted by Crippen LogP contribution is -2.50. The Bertz CT molecular complexity index is 1220. The number of nitrogens with one attached hydrogen (secondary N) is 1. The van der Waals surface area contributed by atoms with E-state index in [1.807, 2.05) is 94.4 Å². The number of sulfonamides is 1. The van der Waals surface area contributed by atoms with Crippen LogP contribution in [0.25, 0.3) is 0 Å². The van der Waals surface area contributed by atoms with Crippen molar-refractivity contribution in [2.75, 3.05) is 10.6 Å². The van der Waals surface area contributed by atoms with Gasteiger partial charge in [0.1, 0.15) is 6.04 Å². The predicted molar refractivity (Wildman–Crippen MR) is 135 cm³/mol. The molecule has 0 fully saturated rings. The van der Waals surface area contributed by atoms with Gasteiger partial charge in [-0.05, 0) is 67.1 Å². The first kappa shape index (κ1) is 24.5. The van der Waals surface area contributed by atoms with Gasteiger partial charge in [0, 0.05) is 0 Å². The molecule has 0 aliphatic carbocycles. The zero-order valence-electron chi connectivity index (χ0n) is 19.9. The maximum absolute atomic E-state index is 13.6. The van der Waals surface area contributed by atoms with E-state index in [1.54, 1.807) is 6.07 Å². The average molecular weight is 465 g/mol. The Balaban J connectivity index is 2.03. The number of hydrogen-bond donors (Lipinski definition) is 1. The molecule has 3 aromatic carbocycles. The summed E-state index contributed by atoms with van der Waals surface area (Å²) in [4.78, 5) is 13.6. The van der Waals surface area contributed by atoms with Crippen molar-refractivity contribution in [1.82, 2.24) is 5.32 Å². The normalized spacial score (nSPS) is 13.2. The molecule has 0 saturated heterocycles. The van der Waals surface area contributed by atoms with Gasteiger partial charge in [-0.1, -0.05) is 67.6 Å². The van der Waals surface area contributed by atoms with Gasteiger partial charge < -0.3 is 5.32 Å². The Morgan fingerprint density at radius 2 is 1.52 bits per heavy atom. The maximum atomic E-state index is 13.6. The van der Waals surface area contributed by atoms with E-state index in [0.717, 1.165) is 34.1 Å². The van der Waals surface area contributed by atoms with E-state index in [2.05, 4.69) is 5.32 Å². The second-order valence-corrected chi connectivity index (χ2v) is 10.3. The van der Waals surface area contributed by atoms with E-state index in [4.69, 9.17) is 0 Å². The molecule has 1 amide bonds. The first-order valence-corrected chi connectivity index (χ1v) is 13.0. The minimum atomic E-state index is -3.70. The van der Waals surface area contributed by atoms with E-state index in [9.17, 15) is 13.2 Å². The van der Waals surface area contributed by atoms with Crippen molar-refractivity contribution in [2.45, 2.75) is 46.2 Å². The lowest BCUT2D eigenvalue weighted by Gasteiger charge is -2.32. The maximum Gasteiger partial charge on any atom is 0.244 e. The molecule has 0 saturated carbocycles. The molecule has 0 aliphatic heterocycles. The quantitative estimate of drug-likeness (QED) is 0.507. The molecule has 2 atom stereocenters. The monoisotopic (exact) mass is 464 g/mol. The summed E-state index contributed by atoms with van der Waals surface area (Å²) in [5.41, 5.74) is 5.49. The van der Waals surface area contributed by atoms with Crippen LogP contribution in [0.1, 0.15) is 47.2 Å². The van der Waals surface area contributed by atoms with Crippen LogP contribution in [-0.4, -0.2) is 26.6 Å². The van der Waals surface area contributed by atoms with Crippen LogP contribution in [0.15, 0.2) is 72.8 Å². The van der Waals surface area contributed by atoms with E-state index in [1.165, 1.54) is 4.31 Å². The standard InChI is InChI=1S/C27H32N2O3S/c1-6-25(29(33(5,31)32)23-17-16-19(2)21(4)18-23)27(30)28-26(22-13-8-7-9-14-22)24-15-11-10-12-20(24)3/h7-18,25-26H,6H2,1-5H3,(H,28,30)/t25-,26+/m0/s1. The van der Waals surface area contributed by atoms with Crippen LogP contribution in [-0.2, 0) is 14.8 Å². The first-order chi connectivity index (χ1) is 15.6. The van der Waals surface area contributed by atoms with Crippen molar-refractivity contribution in [3.8, 4) is 0 Å². The minimum Gasteiger partial charge on any atom is -0.343 e. The summed E-state index contributed by atoms with van der Waals surface area (Å²) in [6.07, 6.45) is 1.48. The highest BCUT2D eigenvalue weighted by molar-refractivity contribution is 7.92. The highest BCUT2D eigenvalue weighted by Crippen LogP contribution is 2.28. The molecule has 1 N–H and O–H groups in total. The summed E-state index contributed by atoms with van der Waals surface area (Å²) < 4.78 is 27.0. The van der Waals surface area contributed by atoms with Gasteiger partial charge >= 0.3 is 0 Å². The summed E-state index contributed by atoms with van der Waals surface area (Å²) >= 11 is 0. The third-order valence-electron chi connectivity index (χ3n) is 5.99. The molecule has 33 heavy (non-hydrogen) atoms. The summed E-state index contributed by atoms with van der Waals surface area (Å²) in [7, 11) is -3.70. The molecule has 0 unspecified atom stereocenters. The average Bonchev–Trinajstić information content (AvgIpc) is 2.78. The number of aryl methyl sites for hydroxylation is 3. The fourth-order valence-electron chi connectivity index (χ4n) is 4.06. The van der Waals surface area contributed by atoms with Crippen molar-refractivity contribution >= 4 is 21.6 Å². The molecule has 3 aromatic rings. The van der Waals surface area contributed by atoms with Crippen molar-refractivity contribution < 1.29 is 13.2 Å². The molecule has 3 rings (SSSR count). The molecule has 6 heteroatoms. The van der Waals surface area contributed by atoms with Crippen LogP contribution in [0.3, 0.4) is 0 Å². The summed E-state index contributed by atoms with van der Waals surface area (Å²) in [5, 5.41) is 3.14. The third kappa shape index (κ3) is 5.63. The predicted octanol–water partition coefficient (Wildman–Crippen LogP) is 5.06. The molecular weight excluding hydrogens is 432 g/mol. The largest absolute Gasteiger partial charge is 0.343 e. The smallest absolute Gasteiger partial charge is 0.244 e. The SMILES string of the molecule is CC[C@@H](C(=O)N[C@H](c1ccccc1)c1ccccc1C)N(c1ccc(C)c(C)c1)S(C)(=O)=O. The van der Waals surface area contributed by atoms with Crippen molar-refractivity contribution in [3.63, 3.8) is 0 Å². The zero-order chi connectivity index (χ0) is 24.2. The Morgan fingerprint density at radius 3 is 2.09 bits per heavy atom. The van der Waals surface area contributed by atoms with Crippen molar-refractivity contribution in [2.24, 2.45) is 0 Å². The van der Waals surface area contributed by atoms with Gasteiger partial charge in [0.2, 0.25) is 15.9 Å². The molecule has 0 radical (unpaired) electrons. The number of hydrogen-bond acceptors (Lipinski definition) is 3. The number of rotatable bonds is 8. The van der Waals surface area contributed by atoms with Crippen molar-refractivity contribution in [1.29, 1.82) is 0 Å². The second kappa shape index (κ2) is 10.2. The van der Waals surface area contributed by atoms with Crippen LogP contribution in [0, 0.1) is 20.8 Å². The summed E-state index contributed by atoms with van der Waals surface area (Å²) in [5.74, 6) is -0.335. The number of carbonyl (C=O) groups excluding carboxylic acids is 1. The van der Waals surface area contributed by atoms with Gasteiger partial charge in [0.05, 0.1) is 18.0 Å². The van der Waals surface area contributed by atoms with Gasteiger partial charge in [-0.3, -0.25) is 9.10 Å². The Morgan fingerprint density at radius 1 is 0.879 bits per heavy atom. The van der Waals surface area contributed by atoms with Crippen LogP contribution >= 0.6 is 0 Å². The zero-order valence-corrected chi connectivity index (χ0v) is 20.7. The first-order valence-electron chi connectivity index (χ1n) is 11.1. The van der Waals surface area contributed by atoms with E-state index in [-0.39, 0.29) is 5.91 Å². The van der Waals surface area contributed by atoms with Gasteiger partial charge in [0.15, 0.2) is 0 Å². The fraction of sp³-hybridized carbons (Fsp3) is 0.296. The third-order valence-corrected chi connectivity index (χ3v) is 7.17. The van der Waals surface area contributed by atoms with Crippen LogP contribution in [0.5, 0.6) is 0 Å². The molecule has 5 nitrogen and oxygen atoms in total. The molecule has 0 aromatic heterocycles. The van der Waals surface area contributed by atoms with Gasteiger partial charge in [0.25, 0.3) is 0 Å². The van der Waals surface area contributed by atoms with Gasteiger partial charge in [-0.2, -0.15) is 0 Å². The van der Waals surface area contributed by atoms with Gasteiger partial charge in [-0.25, -0.2) is 8.42 Å². The number of benzene rings is 3. The molecule has 0 spiro atoms. The fourth-order valence-corrected chi connectivity index (χ4v) is 5.26. The molecule has 0 bridgehead atoms. The number of nitrogens with zero attached hydrogens (tertiary/aromatic N) is 1.